The number of hydrogen-bond acceptors (Lipinski definition) is 5. The van der Waals surface area contributed by atoms with Gasteiger partial charge in [0.25, 0.3) is 0 Å². The largest absolute Gasteiger partial charge is 0.352 e. The molecule has 2 aromatic heterocycles. The highest BCUT2D eigenvalue weighted by Crippen LogP contribution is 2.33. The van der Waals surface area contributed by atoms with Gasteiger partial charge >= 0.3 is 6.03 Å². The van der Waals surface area contributed by atoms with Gasteiger partial charge in [-0.15, -0.1) is 0 Å². The number of carbonyl (C=O) groups excluding carboxylic acids is 1. The van der Waals surface area contributed by atoms with Crippen molar-refractivity contribution < 1.29 is 4.79 Å². The summed E-state index contributed by atoms with van der Waals surface area (Å²) in [6.07, 6.45) is 10.1. The first-order valence-electron chi connectivity index (χ1n) is 8.97. The molecular weight excluding hydrogens is 318 g/mol. The topological polar surface area (TPSA) is 79.2 Å². The van der Waals surface area contributed by atoms with Crippen LogP contribution in [0.5, 0.6) is 0 Å². The number of amides is 2. The summed E-state index contributed by atoms with van der Waals surface area (Å²) in [6.45, 7) is 3.20. The van der Waals surface area contributed by atoms with Crippen LogP contribution in [0.2, 0.25) is 0 Å². The number of carbonyl (C=O) groups is 1. The molecular formula is C17H21N7O. The van der Waals surface area contributed by atoms with Gasteiger partial charge in [0.1, 0.15) is 12.1 Å². The lowest BCUT2D eigenvalue weighted by Crippen LogP contribution is -2.49. The van der Waals surface area contributed by atoms with Crippen LogP contribution in [0.1, 0.15) is 30.1 Å². The van der Waals surface area contributed by atoms with Crippen LogP contribution in [0, 0.1) is 0 Å². The summed E-state index contributed by atoms with van der Waals surface area (Å²) in [6, 6.07) is 0.288. The van der Waals surface area contributed by atoms with Crippen molar-refractivity contribution in [3.8, 4) is 0 Å². The third-order valence-electron chi connectivity index (χ3n) is 5.39. The molecule has 8 nitrogen and oxygen atoms in total. The third kappa shape index (κ3) is 2.43. The van der Waals surface area contributed by atoms with Gasteiger partial charge in [-0.05, 0) is 25.7 Å². The Bertz CT molecular complexity index is 811. The van der Waals surface area contributed by atoms with Gasteiger partial charge < -0.3 is 10.2 Å². The Labute approximate surface area is 145 Å². The molecule has 0 spiro atoms. The molecule has 2 fully saturated rings. The molecule has 1 aliphatic carbocycles. The molecule has 25 heavy (non-hydrogen) atoms. The molecule has 8 heteroatoms. The molecule has 2 amide bonds. The average Bonchev–Trinajstić information content (AvgIpc) is 3.23. The second kappa shape index (κ2) is 5.72. The Morgan fingerprint density at radius 3 is 2.88 bits per heavy atom. The summed E-state index contributed by atoms with van der Waals surface area (Å²) in [5.41, 5.74) is 3.43. The van der Waals surface area contributed by atoms with Gasteiger partial charge in [0.05, 0.1) is 17.9 Å². The Balaban J connectivity index is 1.30. The summed E-state index contributed by atoms with van der Waals surface area (Å²) in [7, 11) is 0. The lowest BCUT2D eigenvalue weighted by Gasteiger charge is -2.41. The smallest absolute Gasteiger partial charge is 0.322 e. The second-order valence-corrected chi connectivity index (χ2v) is 6.95. The molecule has 0 aromatic carbocycles. The highest BCUT2D eigenvalue weighted by Gasteiger charge is 2.33. The number of fused-ring (bicyclic) bond motifs is 1. The van der Waals surface area contributed by atoms with Crippen molar-refractivity contribution in [2.45, 2.75) is 31.7 Å². The summed E-state index contributed by atoms with van der Waals surface area (Å²) in [5, 5.41) is 7.29. The van der Waals surface area contributed by atoms with Crippen molar-refractivity contribution in [2.24, 2.45) is 0 Å². The summed E-state index contributed by atoms with van der Waals surface area (Å²) in [5.74, 6) is 1.10. The fourth-order valence-corrected chi connectivity index (χ4v) is 3.96. The van der Waals surface area contributed by atoms with E-state index in [1.54, 1.807) is 17.4 Å². The number of urea groups is 1. The Morgan fingerprint density at radius 2 is 2.04 bits per heavy atom. The van der Waals surface area contributed by atoms with Gasteiger partial charge in [0, 0.05) is 43.6 Å². The number of hydrogen-bond donors (Lipinski definition) is 1. The van der Waals surface area contributed by atoms with Crippen LogP contribution < -0.4 is 15.1 Å². The SMILES string of the molecule is O=C1NCCN1c1cnn(C2CN(c3ncnc4c3CCCC4)C2)c1. The van der Waals surface area contributed by atoms with Crippen LogP contribution in [0.4, 0.5) is 16.3 Å². The van der Waals surface area contributed by atoms with Crippen molar-refractivity contribution in [1.82, 2.24) is 25.1 Å². The molecule has 5 rings (SSSR count). The van der Waals surface area contributed by atoms with E-state index in [0.717, 1.165) is 37.4 Å². The fourth-order valence-electron chi connectivity index (χ4n) is 3.96. The molecule has 2 saturated heterocycles. The van der Waals surface area contributed by atoms with Crippen molar-refractivity contribution in [3.63, 3.8) is 0 Å². The standard InChI is InChI=1S/C17H21N7O/c25-17-18-5-6-23(17)12-7-21-24(10-12)13-8-22(9-13)16-14-3-1-2-4-15(14)19-11-20-16/h7,10-11,13H,1-6,8-9H2,(H,18,25). The maximum atomic E-state index is 11.8. The maximum absolute atomic E-state index is 11.8. The van der Waals surface area contributed by atoms with E-state index in [9.17, 15) is 4.79 Å². The molecule has 3 aliphatic rings. The number of anilines is 2. The van der Waals surface area contributed by atoms with E-state index < -0.39 is 0 Å². The predicted molar refractivity (Wildman–Crippen MR) is 92.9 cm³/mol. The minimum atomic E-state index is -0.0394. The van der Waals surface area contributed by atoms with E-state index >= 15 is 0 Å². The van der Waals surface area contributed by atoms with Gasteiger partial charge in [-0.1, -0.05) is 0 Å². The van der Waals surface area contributed by atoms with E-state index in [1.807, 2.05) is 10.9 Å². The van der Waals surface area contributed by atoms with Crippen LogP contribution in [0.15, 0.2) is 18.7 Å². The van der Waals surface area contributed by atoms with E-state index in [1.165, 1.54) is 24.1 Å². The Hall–Kier alpha value is -2.64. The minimum Gasteiger partial charge on any atom is -0.352 e. The molecule has 0 atom stereocenters. The average molecular weight is 339 g/mol. The molecule has 2 aliphatic heterocycles. The van der Waals surface area contributed by atoms with Crippen LogP contribution in [-0.4, -0.2) is 52.0 Å². The van der Waals surface area contributed by atoms with Gasteiger partial charge in [-0.25, -0.2) is 14.8 Å². The van der Waals surface area contributed by atoms with E-state index in [4.69, 9.17) is 0 Å². The molecule has 130 valence electrons. The van der Waals surface area contributed by atoms with E-state index in [-0.39, 0.29) is 6.03 Å². The lowest BCUT2D eigenvalue weighted by atomic mass is 9.95. The zero-order valence-corrected chi connectivity index (χ0v) is 14.1. The number of nitrogens with zero attached hydrogens (tertiary/aromatic N) is 6. The Kier molecular flexibility index (Phi) is 3.36. The second-order valence-electron chi connectivity index (χ2n) is 6.95. The molecule has 0 saturated carbocycles. The molecule has 2 aromatic rings. The molecule has 0 unspecified atom stereocenters. The van der Waals surface area contributed by atoms with Crippen molar-refractivity contribution >= 4 is 17.5 Å². The summed E-state index contributed by atoms with van der Waals surface area (Å²) >= 11 is 0. The summed E-state index contributed by atoms with van der Waals surface area (Å²) < 4.78 is 1.98. The van der Waals surface area contributed by atoms with Crippen LogP contribution in [0.3, 0.4) is 0 Å². The highest BCUT2D eigenvalue weighted by molar-refractivity contribution is 5.93. The fraction of sp³-hybridized carbons (Fsp3) is 0.529. The van der Waals surface area contributed by atoms with Gasteiger partial charge in [0.2, 0.25) is 0 Å². The van der Waals surface area contributed by atoms with Crippen LogP contribution in [0.25, 0.3) is 0 Å². The number of nitrogens with one attached hydrogen (secondary N) is 1. The van der Waals surface area contributed by atoms with Gasteiger partial charge in [0.15, 0.2) is 0 Å². The van der Waals surface area contributed by atoms with Gasteiger partial charge in [-0.2, -0.15) is 5.10 Å². The highest BCUT2D eigenvalue weighted by atomic mass is 16.2. The Morgan fingerprint density at radius 1 is 1.16 bits per heavy atom. The normalized spacial score (nSPS) is 20.4. The first-order chi connectivity index (χ1) is 12.3. The summed E-state index contributed by atoms with van der Waals surface area (Å²) in [4.78, 5) is 24.8. The zero-order valence-electron chi connectivity index (χ0n) is 14.1. The first-order valence-corrected chi connectivity index (χ1v) is 8.97. The molecule has 0 radical (unpaired) electrons. The molecule has 4 heterocycles. The van der Waals surface area contributed by atoms with Crippen LogP contribution >= 0.6 is 0 Å². The van der Waals surface area contributed by atoms with Crippen molar-refractivity contribution in [2.75, 3.05) is 36.0 Å². The van der Waals surface area contributed by atoms with E-state index in [0.29, 0.717) is 19.1 Å². The lowest BCUT2D eigenvalue weighted by molar-refractivity contribution is 0.252. The number of rotatable bonds is 3. The predicted octanol–water partition coefficient (Wildman–Crippen LogP) is 1.14. The van der Waals surface area contributed by atoms with Gasteiger partial charge in [-0.3, -0.25) is 9.58 Å². The molecule has 1 N–H and O–H groups in total. The van der Waals surface area contributed by atoms with E-state index in [2.05, 4.69) is 25.3 Å². The quantitative estimate of drug-likeness (QED) is 0.907. The van der Waals surface area contributed by atoms with Crippen molar-refractivity contribution in [1.29, 1.82) is 0 Å². The first kappa shape index (κ1) is 14.7. The monoisotopic (exact) mass is 339 g/mol. The maximum Gasteiger partial charge on any atom is 0.322 e. The zero-order chi connectivity index (χ0) is 16.8. The minimum absolute atomic E-state index is 0.0394. The van der Waals surface area contributed by atoms with Crippen LogP contribution in [-0.2, 0) is 12.8 Å². The number of aromatic nitrogens is 4. The third-order valence-corrected chi connectivity index (χ3v) is 5.39. The van der Waals surface area contributed by atoms with Crippen molar-refractivity contribution in [3.05, 3.63) is 30.0 Å². The number of aryl methyl sites for hydroxylation is 1. The molecule has 0 bridgehead atoms.